The molecule has 4 heteroatoms. The van der Waals surface area contributed by atoms with E-state index in [-0.39, 0.29) is 11.5 Å². The topological polar surface area (TPSA) is 18.5 Å². The molecule has 3 fully saturated rings. The van der Waals surface area contributed by atoms with Crippen LogP contribution in [0.25, 0.3) is 0 Å². The molecule has 0 aromatic rings. The van der Waals surface area contributed by atoms with Crippen LogP contribution in [0.3, 0.4) is 0 Å². The monoisotopic (exact) mass is 208 g/mol. The molecule has 0 unspecified atom stereocenters. The van der Waals surface area contributed by atoms with Crippen LogP contribution in [0.15, 0.2) is 0 Å². The van der Waals surface area contributed by atoms with Crippen molar-refractivity contribution in [3.05, 3.63) is 0 Å². The lowest BCUT2D eigenvalue weighted by Crippen LogP contribution is -2.28. The highest BCUT2D eigenvalue weighted by Gasteiger charge is 2.29. The molecule has 12 heavy (non-hydrogen) atoms. The summed E-state index contributed by atoms with van der Waals surface area (Å²) in [6.45, 7) is 0. The second-order valence-corrected chi connectivity index (χ2v) is 4.94. The molecule has 0 amide bonds. The third-order valence-corrected chi connectivity index (χ3v) is 4.16. The molecule has 3 rings (SSSR count). The Labute approximate surface area is 82.1 Å². The summed E-state index contributed by atoms with van der Waals surface area (Å²) >= 11 is 7.61. The van der Waals surface area contributed by atoms with Gasteiger partial charge in [0.2, 0.25) is 0 Å². The molecule has 2 aliphatic heterocycles. The number of hydrogen-bond acceptors (Lipinski definition) is 3. The summed E-state index contributed by atoms with van der Waals surface area (Å²) in [4.78, 5) is 5.21. The predicted molar refractivity (Wildman–Crippen MR) is 50.1 cm³/mol. The fraction of sp³-hybridized carbons (Fsp3) is 1.00. The first-order valence-corrected chi connectivity index (χ1v) is 5.73. The normalized spacial score (nSPS) is 43.2. The standard InChI is InChI=1S/C8H13ClO2S/c9-7-5-4-6-2-1-3-8(7)12-11-10-6/h6-8H,1-5H2/t6-,7+,8-/m1/s1. The van der Waals surface area contributed by atoms with Crippen molar-refractivity contribution in [1.82, 2.24) is 0 Å². The van der Waals surface area contributed by atoms with Crippen molar-refractivity contribution in [1.29, 1.82) is 0 Å². The van der Waals surface area contributed by atoms with Crippen LogP contribution < -0.4 is 0 Å². The van der Waals surface area contributed by atoms with Crippen LogP contribution in [-0.2, 0) is 9.22 Å². The number of halogens is 1. The second-order valence-electron chi connectivity index (χ2n) is 3.45. The van der Waals surface area contributed by atoms with Crippen LogP contribution in [0.1, 0.15) is 32.1 Å². The summed E-state index contributed by atoms with van der Waals surface area (Å²) in [6, 6.07) is 0. The predicted octanol–water partition coefficient (Wildman–Crippen LogP) is 2.91. The van der Waals surface area contributed by atoms with Crippen LogP contribution in [0.5, 0.6) is 0 Å². The molecule has 3 atom stereocenters. The van der Waals surface area contributed by atoms with Gasteiger partial charge in [0.1, 0.15) is 0 Å². The van der Waals surface area contributed by atoms with Gasteiger partial charge in [0.25, 0.3) is 0 Å². The average Bonchev–Trinajstić information content (AvgIpc) is 1.97. The quantitative estimate of drug-likeness (QED) is 0.347. The maximum atomic E-state index is 6.20. The van der Waals surface area contributed by atoms with Gasteiger partial charge < -0.3 is 0 Å². The van der Waals surface area contributed by atoms with E-state index in [4.69, 9.17) is 20.8 Å². The Balaban J connectivity index is 2.02. The Morgan fingerprint density at radius 2 is 2.08 bits per heavy atom. The first-order valence-electron chi connectivity index (χ1n) is 4.49. The average molecular weight is 209 g/mol. The summed E-state index contributed by atoms with van der Waals surface area (Å²) in [5.74, 6) is 0. The van der Waals surface area contributed by atoms with E-state index in [1.807, 2.05) is 0 Å². The lowest BCUT2D eigenvalue weighted by atomic mass is 9.98. The zero-order chi connectivity index (χ0) is 8.39. The van der Waals surface area contributed by atoms with Gasteiger partial charge in [-0.2, -0.15) is 4.33 Å². The van der Waals surface area contributed by atoms with E-state index in [1.165, 1.54) is 24.9 Å². The van der Waals surface area contributed by atoms with Gasteiger partial charge in [0.15, 0.2) is 0 Å². The van der Waals surface area contributed by atoms with Crippen molar-refractivity contribution >= 4 is 23.6 Å². The SMILES string of the molecule is Cl[C@H]1CC[C@H]2CCC[C@H]1SOO2. The van der Waals surface area contributed by atoms with Crippen molar-refractivity contribution in [2.45, 2.75) is 48.8 Å². The van der Waals surface area contributed by atoms with Crippen LogP contribution in [-0.4, -0.2) is 16.7 Å². The van der Waals surface area contributed by atoms with Crippen molar-refractivity contribution in [2.75, 3.05) is 0 Å². The number of alkyl halides is 1. The first-order chi connectivity index (χ1) is 5.86. The van der Waals surface area contributed by atoms with Gasteiger partial charge in [-0.15, -0.1) is 11.6 Å². The van der Waals surface area contributed by atoms with E-state index in [9.17, 15) is 0 Å². The minimum absolute atomic E-state index is 0.265. The lowest BCUT2D eigenvalue weighted by Gasteiger charge is -2.30. The molecule has 0 spiro atoms. The smallest absolute Gasteiger partial charge is 0.0943 e. The van der Waals surface area contributed by atoms with E-state index < -0.39 is 0 Å². The van der Waals surface area contributed by atoms with Crippen LogP contribution in [0.2, 0.25) is 0 Å². The van der Waals surface area contributed by atoms with Crippen molar-refractivity contribution < 1.29 is 9.22 Å². The molecule has 0 radical (unpaired) electrons. The molecule has 0 aromatic heterocycles. The Bertz CT molecular complexity index is 144. The minimum atomic E-state index is 0.265. The summed E-state index contributed by atoms with van der Waals surface area (Å²) < 4.78 is 5.04. The Morgan fingerprint density at radius 3 is 3.00 bits per heavy atom. The summed E-state index contributed by atoms with van der Waals surface area (Å²) in [5.41, 5.74) is 0. The maximum absolute atomic E-state index is 6.20. The van der Waals surface area contributed by atoms with Crippen LogP contribution in [0, 0.1) is 0 Å². The van der Waals surface area contributed by atoms with Crippen molar-refractivity contribution in [2.24, 2.45) is 0 Å². The molecule has 2 heterocycles. The molecule has 3 aliphatic rings. The molecule has 0 aromatic carbocycles. The maximum Gasteiger partial charge on any atom is 0.0943 e. The number of fused-ring (bicyclic) bond motifs is 6. The van der Waals surface area contributed by atoms with Crippen molar-refractivity contribution in [3.63, 3.8) is 0 Å². The summed E-state index contributed by atoms with van der Waals surface area (Å²) in [7, 11) is 0. The largest absolute Gasteiger partial charge is 0.221 e. The zero-order valence-electron chi connectivity index (χ0n) is 6.87. The molecular weight excluding hydrogens is 196 g/mol. The third-order valence-electron chi connectivity index (χ3n) is 2.52. The molecule has 70 valence electrons. The van der Waals surface area contributed by atoms with E-state index in [0.29, 0.717) is 5.25 Å². The third kappa shape index (κ3) is 2.08. The number of hydrogen-bond donors (Lipinski definition) is 0. The van der Waals surface area contributed by atoms with Gasteiger partial charge in [0, 0.05) is 17.4 Å². The Kier molecular flexibility index (Phi) is 3.18. The van der Waals surface area contributed by atoms with E-state index in [0.717, 1.165) is 19.3 Å². The van der Waals surface area contributed by atoms with Gasteiger partial charge in [-0.1, -0.05) is 0 Å². The summed E-state index contributed by atoms with van der Waals surface area (Å²) in [5, 5.41) is 0.689. The van der Waals surface area contributed by atoms with Crippen LogP contribution in [0.4, 0.5) is 0 Å². The molecule has 2 saturated heterocycles. The highest BCUT2D eigenvalue weighted by Crippen LogP contribution is 2.35. The van der Waals surface area contributed by atoms with Gasteiger partial charge in [-0.05, 0) is 32.1 Å². The summed E-state index contributed by atoms with van der Waals surface area (Å²) in [6.07, 6.45) is 5.90. The van der Waals surface area contributed by atoms with Gasteiger partial charge in [0.05, 0.1) is 11.4 Å². The van der Waals surface area contributed by atoms with E-state index in [2.05, 4.69) is 0 Å². The lowest BCUT2D eigenvalue weighted by molar-refractivity contribution is -0.239. The van der Waals surface area contributed by atoms with Crippen LogP contribution >= 0.6 is 23.6 Å². The molecule has 1 saturated carbocycles. The van der Waals surface area contributed by atoms with Gasteiger partial charge >= 0.3 is 0 Å². The molecule has 1 aliphatic carbocycles. The first kappa shape index (κ1) is 9.13. The van der Waals surface area contributed by atoms with E-state index >= 15 is 0 Å². The fourth-order valence-corrected chi connectivity index (χ4v) is 2.89. The molecule has 2 nitrogen and oxygen atoms in total. The Morgan fingerprint density at radius 1 is 1.17 bits per heavy atom. The molecule has 2 bridgehead atoms. The van der Waals surface area contributed by atoms with Crippen molar-refractivity contribution in [3.8, 4) is 0 Å². The fourth-order valence-electron chi connectivity index (χ4n) is 1.74. The number of rotatable bonds is 0. The Hall–Kier alpha value is 0.560. The molecule has 0 N–H and O–H groups in total. The highest BCUT2D eigenvalue weighted by molar-refractivity contribution is 7.95. The van der Waals surface area contributed by atoms with Gasteiger partial charge in [-0.3, -0.25) is 0 Å². The van der Waals surface area contributed by atoms with Gasteiger partial charge in [-0.25, -0.2) is 4.89 Å². The highest BCUT2D eigenvalue weighted by atomic mass is 35.5. The minimum Gasteiger partial charge on any atom is -0.221 e. The van der Waals surface area contributed by atoms with E-state index in [1.54, 1.807) is 0 Å². The molecular formula is C8H13ClO2S. The second kappa shape index (κ2) is 4.18. The zero-order valence-corrected chi connectivity index (χ0v) is 8.44.